The minimum atomic E-state index is -0.924. The first kappa shape index (κ1) is 9.02. The van der Waals surface area contributed by atoms with Crippen LogP contribution in [0.4, 0.5) is 0 Å². The van der Waals surface area contributed by atoms with E-state index in [0.717, 1.165) is 5.56 Å². The Hall–Kier alpha value is -1.55. The standard InChI is InChI=1S/C10H11NO3/c12-9(13)1-3-10(6-14-7-10)8-2-4-11-5-8/h1-5,11H,6-7H2,(H,12,13)/b3-1+. The summed E-state index contributed by atoms with van der Waals surface area (Å²) in [5.41, 5.74) is 0.833. The zero-order chi connectivity index (χ0) is 10.0. The van der Waals surface area contributed by atoms with Crippen molar-refractivity contribution >= 4 is 5.97 Å². The van der Waals surface area contributed by atoms with Crippen molar-refractivity contribution in [3.8, 4) is 0 Å². The van der Waals surface area contributed by atoms with E-state index in [0.29, 0.717) is 13.2 Å². The van der Waals surface area contributed by atoms with Crippen LogP contribution in [0, 0.1) is 0 Å². The number of carboxylic acid groups (broad SMARTS) is 1. The number of aromatic amines is 1. The zero-order valence-corrected chi connectivity index (χ0v) is 7.56. The van der Waals surface area contributed by atoms with Gasteiger partial charge in [0.05, 0.1) is 18.6 Å². The highest BCUT2D eigenvalue weighted by Gasteiger charge is 2.38. The molecule has 0 atom stereocenters. The second-order valence-corrected chi connectivity index (χ2v) is 3.42. The predicted molar refractivity (Wildman–Crippen MR) is 50.1 cm³/mol. The molecule has 4 heteroatoms. The molecule has 1 aromatic rings. The van der Waals surface area contributed by atoms with Crippen LogP contribution in [-0.2, 0) is 14.9 Å². The van der Waals surface area contributed by atoms with E-state index in [2.05, 4.69) is 4.98 Å². The summed E-state index contributed by atoms with van der Waals surface area (Å²) in [6.07, 6.45) is 6.57. The van der Waals surface area contributed by atoms with Crippen molar-refractivity contribution in [2.24, 2.45) is 0 Å². The fraction of sp³-hybridized carbons (Fsp3) is 0.300. The Bertz CT molecular complexity index is 349. The molecule has 14 heavy (non-hydrogen) atoms. The third kappa shape index (κ3) is 1.44. The van der Waals surface area contributed by atoms with Crippen LogP contribution in [0.15, 0.2) is 30.6 Å². The van der Waals surface area contributed by atoms with Gasteiger partial charge in [0.1, 0.15) is 0 Å². The van der Waals surface area contributed by atoms with E-state index >= 15 is 0 Å². The number of hydrogen-bond donors (Lipinski definition) is 2. The third-order valence-electron chi connectivity index (χ3n) is 2.44. The Morgan fingerprint density at radius 3 is 2.86 bits per heavy atom. The van der Waals surface area contributed by atoms with E-state index < -0.39 is 5.97 Å². The molecule has 0 bridgehead atoms. The average molecular weight is 193 g/mol. The molecule has 1 aliphatic rings. The van der Waals surface area contributed by atoms with E-state index in [1.807, 2.05) is 18.5 Å². The molecular weight excluding hydrogens is 182 g/mol. The van der Waals surface area contributed by atoms with Crippen molar-refractivity contribution in [2.75, 3.05) is 13.2 Å². The van der Waals surface area contributed by atoms with Crippen molar-refractivity contribution < 1.29 is 14.6 Å². The topological polar surface area (TPSA) is 62.3 Å². The molecule has 0 unspecified atom stereocenters. The van der Waals surface area contributed by atoms with Gasteiger partial charge in [0.15, 0.2) is 0 Å². The summed E-state index contributed by atoms with van der Waals surface area (Å²) in [6, 6.07) is 1.94. The Morgan fingerprint density at radius 1 is 1.64 bits per heavy atom. The van der Waals surface area contributed by atoms with Crippen molar-refractivity contribution in [3.63, 3.8) is 0 Å². The van der Waals surface area contributed by atoms with Crippen molar-refractivity contribution in [2.45, 2.75) is 5.41 Å². The zero-order valence-electron chi connectivity index (χ0n) is 7.56. The highest BCUT2D eigenvalue weighted by Crippen LogP contribution is 2.33. The van der Waals surface area contributed by atoms with Crippen LogP contribution in [0.5, 0.6) is 0 Å². The molecule has 0 aromatic carbocycles. The number of rotatable bonds is 3. The molecule has 2 rings (SSSR count). The number of nitrogens with one attached hydrogen (secondary N) is 1. The second-order valence-electron chi connectivity index (χ2n) is 3.42. The van der Waals surface area contributed by atoms with Gasteiger partial charge in [-0.2, -0.15) is 0 Å². The van der Waals surface area contributed by atoms with Gasteiger partial charge in [0, 0.05) is 18.5 Å². The van der Waals surface area contributed by atoms with Gasteiger partial charge >= 0.3 is 5.97 Å². The van der Waals surface area contributed by atoms with Crippen LogP contribution < -0.4 is 0 Å². The second kappa shape index (κ2) is 3.31. The molecule has 4 nitrogen and oxygen atoms in total. The van der Waals surface area contributed by atoms with Crippen molar-refractivity contribution in [1.29, 1.82) is 0 Å². The predicted octanol–water partition coefficient (Wildman–Crippen LogP) is 0.923. The van der Waals surface area contributed by atoms with Crippen LogP contribution in [0.2, 0.25) is 0 Å². The minimum Gasteiger partial charge on any atom is -0.478 e. The molecule has 0 radical (unpaired) electrons. The van der Waals surface area contributed by atoms with Gasteiger partial charge in [-0.05, 0) is 11.6 Å². The smallest absolute Gasteiger partial charge is 0.328 e. The average Bonchev–Trinajstić information content (AvgIpc) is 2.55. The number of carboxylic acids is 1. The highest BCUT2D eigenvalue weighted by atomic mass is 16.5. The molecule has 0 spiro atoms. The summed E-state index contributed by atoms with van der Waals surface area (Å²) >= 11 is 0. The first-order valence-corrected chi connectivity index (χ1v) is 4.36. The molecule has 2 N–H and O–H groups in total. The Labute approximate surface area is 81.2 Å². The molecule has 1 fully saturated rings. The van der Waals surface area contributed by atoms with Gasteiger partial charge in [0.25, 0.3) is 0 Å². The maximum Gasteiger partial charge on any atom is 0.328 e. The van der Waals surface area contributed by atoms with E-state index in [4.69, 9.17) is 9.84 Å². The monoisotopic (exact) mass is 193 g/mol. The van der Waals surface area contributed by atoms with Crippen LogP contribution >= 0.6 is 0 Å². The highest BCUT2D eigenvalue weighted by molar-refractivity contribution is 5.80. The quantitative estimate of drug-likeness (QED) is 0.702. The molecule has 74 valence electrons. The van der Waals surface area contributed by atoms with Gasteiger partial charge < -0.3 is 14.8 Å². The van der Waals surface area contributed by atoms with E-state index in [9.17, 15) is 4.79 Å². The summed E-state index contributed by atoms with van der Waals surface area (Å²) < 4.78 is 5.14. The van der Waals surface area contributed by atoms with Gasteiger partial charge in [-0.3, -0.25) is 0 Å². The molecular formula is C10H11NO3. The molecule has 0 amide bonds. The number of hydrogen-bond acceptors (Lipinski definition) is 2. The van der Waals surface area contributed by atoms with Crippen LogP contribution in [0.1, 0.15) is 5.56 Å². The lowest BCUT2D eigenvalue weighted by Gasteiger charge is -2.38. The summed E-state index contributed by atoms with van der Waals surface area (Å²) in [5, 5.41) is 8.56. The lowest BCUT2D eigenvalue weighted by atomic mass is 9.80. The Balaban J connectivity index is 2.22. The summed E-state index contributed by atoms with van der Waals surface area (Å²) in [5.74, 6) is -0.924. The van der Waals surface area contributed by atoms with Gasteiger partial charge in [-0.25, -0.2) is 4.79 Å². The third-order valence-corrected chi connectivity index (χ3v) is 2.44. The van der Waals surface area contributed by atoms with Crippen molar-refractivity contribution in [1.82, 2.24) is 4.98 Å². The molecule has 1 saturated heterocycles. The van der Waals surface area contributed by atoms with Gasteiger partial charge in [0.2, 0.25) is 0 Å². The SMILES string of the molecule is O=C(O)/C=C/C1(c2cc[nH]c2)COC1. The number of H-pyrrole nitrogens is 1. The normalized spacial score (nSPS) is 19.4. The maximum absolute atomic E-state index is 10.4. The largest absolute Gasteiger partial charge is 0.478 e. The molecule has 0 saturated carbocycles. The van der Waals surface area contributed by atoms with Crippen LogP contribution in [0.25, 0.3) is 0 Å². The number of aromatic nitrogens is 1. The van der Waals surface area contributed by atoms with E-state index in [1.54, 1.807) is 6.08 Å². The first-order chi connectivity index (χ1) is 6.73. The summed E-state index contributed by atoms with van der Waals surface area (Å²) in [4.78, 5) is 13.4. The molecule has 1 aromatic heterocycles. The lowest BCUT2D eigenvalue weighted by Crippen LogP contribution is -2.44. The lowest BCUT2D eigenvalue weighted by molar-refractivity contribution is -0.131. The van der Waals surface area contributed by atoms with Crippen LogP contribution in [-0.4, -0.2) is 29.3 Å². The van der Waals surface area contributed by atoms with Crippen LogP contribution in [0.3, 0.4) is 0 Å². The summed E-state index contributed by atoms with van der Waals surface area (Å²) in [7, 11) is 0. The van der Waals surface area contributed by atoms with Gasteiger partial charge in [-0.15, -0.1) is 0 Å². The first-order valence-electron chi connectivity index (χ1n) is 4.36. The number of aliphatic carboxylic acids is 1. The Morgan fingerprint density at radius 2 is 2.43 bits per heavy atom. The molecule has 2 heterocycles. The van der Waals surface area contributed by atoms with E-state index in [-0.39, 0.29) is 5.41 Å². The number of carbonyl (C=O) groups is 1. The fourth-order valence-corrected chi connectivity index (χ4v) is 1.55. The molecule has 1 aliphatic heterocycles. The van der Waals surface area contributed by atoms with Gasteiger partial charge in [-0.1, -0.05) is 6.08 Å². The molecule has 0 aliphatic carbocycles. The fourth-order valence-electron chi connectivity index (χ4n) is 1.55. The van der Waals surface area contributed by atoms with E-state index in [1.165, 1.54) is 6.08 Å². The number of ether oxygens (including phenoxy) is 1. The Kier molecular flexibility index (Phi) is 2.13. The van der Waals surface area contributed by atoms with Crippen molar-refractivity contribution in [3.05, 3.63) is 36.2 Å². The minimum absolute atomic E-state index is 0.238. The summed E-state index contributed by atoms with van der Waals surface area (Å²) in [6.45, 7) is 1.10. The maximum atomic E-state index is 10.4.